The lowest BCUT2D eigenvalue weighted by Gasteiger charge is -2.34. The summed E-state index contributed by atoms with van der Waals surface area (Å²) in [6.07, 6.45) is 0.971. The first kappa shape index (κ1) is 20.1. The number of aromatic nitrogens is 1. The molecule has 2 amide bonds. The lowest BCUT2D eigenvalue weighted by atomic mass is 10.2. The highest BCUT2D eigenvalue weighted by atomic mass is 32.2. The second-order valence-corrected chi connectivity index (χ2v) is 9.19. The quantitative estimate of drug-likeness (QED) is 0.727. The van der Waals surface area contributed by atoms with Crippen LogP contribution in [0.2, 0.25) is 0 Å². The fourth-order valence-corrected chi connectivity index (χ4v) is 5.29. The highest BCUT2D eigenvalue weighted by molar-refractivity contribution is 7.94. The summed E-state index contributed by atoms with van der Waals surface area (Å²) in [5.74, 6) is -0.414. The predicted octanol–water partition coefficient (Wildman–Crippen LogP) is 1.58. The van der Waals surface area contributed by atoms with Crippen molar-refractivity contribution in [3.8, 4) is 5.75 Å². The van der Waals surface area contributed by atoms with Crippen LogP contribution in [-0.2, 0) is 19.6 Å². The molecular formula is C17H20N4O5S2. The molecular weight excluding hydrogens is 404 g/mol. The number of nitrogens with one attached hydrogen (secondary N) is 2. The van der Waals surface area contributed by atoms with Gasteiger partial charge in [-0.05, 0) is 18.6 Å². The van der Waals surface area contributed by atoms with E-state index < -0.39 is 16.1 Å². The minimum atomic E-state index is -4.00. The Balaban J connectivity index is 1.94. The van der Waals surface area contributed by atoms with Crippen LogP contribution in [0.4, 0.5) is 10.8 Å². The van der Waals surface area contributed by atoms with Crippen molar-refractivity contribution in [3.63, 3.8) is 0 Å². The fraction of sp³-hybridized carbons (Fsp3) is 0.353. The van der Waals surface area contributed by atoms with Crippen LogP contribution in [0.15, 0.2) is 34.7 Å². The number of para-hydroxylation sites is 2. The molecule has 0 saturated heterocycles. The minimum absolute atomic E-state index is 0.0410. The summed E-state index contributed by atoms with van der Waals surface area (Å²) in [5, 5.41) is 5.38. The third-order valence-electron chi connectivity index (χ3n) is 3.89. The molecule has 1 aliphatic rings. The Morgan fingerprint density at radius 1 is 1.36 bits per heavy atom. The number of ether oxygens (including phenoxy) is 1. The van der Waals surface area contributed by atoms with Crippen molar-refractivity contribution in [2.75, 3.05) is 22.7 Å². The number of hydrogen-bond donors (Lipinski definition) is 2. The normalized spacial score (nSPS) is 16.1. The molecule has 1 atom stereocenters. The summed E-state index contributed by atoms with van der Waals surface area (Å²) in [6, 6.07) is 6.63. The van der Waals surface area contributed by atoms with Gasteiger partial charge in [-0.3, -0.25) is 13.9 Å². The Bertz CT molecular complexity index is 989. The van der Waals surface area contributed by atoms with Gasteiger partial charge in [-0.2, -0.15) is 0 Å². The molecule has 1 aromatic heterocycles. The van der Waals surface area contributed by atoms with Crippen LogP contribution in [0.5, 0.6) is 5.75 Å². The molecule has 0 spiro atoms. The summed E-state index contributed by atoms with van der Waals surface area (Å²) in [5.41, 5.74) is 0.344. The largest absolute Gasteiger partial charge is 0.476 e. The van der Waals surface area contributed by atoms with Gasteiger partial charge in [-0.15, -0.1) is 0 Å². The molecule has 11 heteroatoms. The maximum atomic E-state index is 13.2. The smallest absolute Gasteiger partial charge is 0.275 e. The molecule has 0 bridgehead atoms. The number of amides is 2. The monoisotopic (exact) mass is 424 g/mol. The number of anilines is 2. The fourth-order valence-electron chi connectivity index (χ4n) is 2.62. The molecule has 9 nitrogen and oxygen atoms in total. The first-order valence-corrected chi connectivity index (χ1v) is 10.9. The van der Waals surface area contributed by atoms with Crippen molar-refractivity contribution in [1.82, 2.24) is 10.3 Å². The van der Waals surface area contributed by atoms with Gasteiger partial charge < -0.3 is 15.4 Å². The van der Waals surface area contributed by atoms with E-state index in [2.05, 4.69) is 15.6 Å². The third kappa shape index (κ3) is 4.09. The average molecular weight is 425 g/mol. The number of carbonyl (C=O) groups excluding carboxylic acids is 2. The zero-order valence-corrected chi connectivity index (χ0v) is 17.0. The summed E-state index contributed by atoms with van der Waals surface area (Å²) >= 11 is 0.846. The van der Waals surface area contributed by atoms with Crippen molar-refractivity contribution in [2.24, 2.45) is 0 Å². The van der Waals surface area contributed by atoms with Gasteiger partial charge in [-0.25, -0.2) is 13.4 Å². The van der Waals surface area contributed by atoms with Crippen molar-refractivity contribution < 1.29 is 22.7 Å². The number of carbonyl (C=O) groups is 2. The number of fused-ring (bicyclic) bond motifs is 1. The van der Waals surface area contributed by atoms with Crippen LogP contribution >= 0.6 is 11.3 Å². The van der Waals surface area contributed by atoms with Gasteiger partial charge in [0, 0.05) is 13.5 Å². The lowest BCUT2D eigenvalue weighted by molar-refractivity contribution is -0.127. The highest BCUT2D eigenvalue weighted by Crippen LogP contribution is 2.38. The van der Waals surface area contributed by atoms with Crippen LogP contribution in [0.1, 0.15) is 20.3 Å². The number of sulfonamides is 1. The van der Waals surface area contributed by atoms with Crippen LogP contribution in [0.3, 0.4) is 0 Å². The van der Waals surface area contributed by atoms with E-state index in [-0.39, 0.29) is 27.7 Å². The molecule has 0 unspecified atom stereocenters. The first-order chi connectivity index (χ1) is 13.3. The second kappa shape index (κ2) is 8.15. The van der Waals surface area contributed by atoms with E-state index in [0.29, 0.717) is 18.0 Å². The van der Waals surface area contributed by atoms with Gasteiger partial charge in [0.1, 0.15) is 5.75 Å². The van der Waals surface area contributed by atoms with Gasteiger partial charge in [0.25, 0.3) is 15.9 Å². The maximum Gasteiger partial charge on any atom is 0.275 e. The average Bonchev–Trinajstić information content (AvgIpc) is 3.13. The van der Waals surface area contributed by atoms with E-state index in [0.717, 1.165) is 22.1 Å². The summed E-state index contributed by atoms with van der Waals surface area (Å²) < 4.78 is 33.3. The molecule has 0 aliphatic carbocycles. The maximum absolute atomic E-state index is 13.2. The van der Waals surface area contributed by atoms with Gasteiger partial charge in [0.05, 0.1) is 18.4 Å². The summed E-state index contributed by atoms with van der Waals surface area (Å²) in [6.45, 7) is 3.54. The molecule has 28 heavy (non-hydrogen) atoms. The molecule has 1 aromatic carbocycles. The molecule has 0 fully saturated rings. The first-order valence-electron chi connectivity index (χ1n) is 8.62. The molecule has 1 aliphatic heterocycles. The Hall–Kier alpha value is -2.66. The Morgan fingerprint density at radius 2 is 2.11 bits per heavy atom. The van der Waals surface area contributed by atoms with E-state index >= 15 is 0 Å². The van der Waals surface area contributed by atoms with E-state index in [1.807, 2.05) is 6.92 Å². The van der Waals surface area contributed by atoms with Gasteiger partial charge in [-0.1, -0.05) is 30.4 Å². The summed E-state index contributed by atoms with van der Waals surface area (Å²) in [4.78, 5) is 27.5. The Labute approximate surface area is 166 Å². The van der Waals surface area contributed by atoms with Gasteiger partial charge in [0.15, 0.2) is 15.4 Å². The van der Waals surface area contributed by atoms with Crippen molar-refractivity contribution in [3.05, 3.63) is 30.5 Å². The lowest BCUT2D eigenvalue weighted by Crippen LogP contribution is -2.50. The zero-order valence-electron chi connectivity index (χ0n) is 15.3. The number of thiazole rings is 1. The van der Waals surface area contributed by atoms with Crippen LogP contribution in [0, 0.1) is 0 Å². The second-order valence-electron chi connectivity index (χ2n) is 6.07. The molecule has 0 saturated carbocycles. The van der Waals surface area contributed by atoms with Crippen LogP contribution in [-0.4, -0.2) is 44.4 Å². The Kier molecular flexibility index (Phi) is 5.84. The zero-order chi connectivity index (χ0) is 20.3. The molecule has 2 aromatic rings. The van der Waals surface area contributed by atoms with Gasteiger partial charge in [0.2, 0.25) is 5.91 Å². The van der Waals surface area contributed by atoms with E-state index in [1.165, 1.54) is 13.1 Å². The predicted molar refractivity (Wildman–Crippen MR) is 105 cm³/mol. The van der Waals surface area contributed by atoms with E-state index in [4.69, 9.17) is 4.74 Å². The number of benzene rings is 1. The Morgan fingerprint density at radius 3 is 2.82 bits per heavy atom. The van der Waals surface area contributed by atoms with Crippen molar-refractivity contribution >= 4 is 44.0 Å². The third-order valence-corrected chi connectivity index (χ3v) is 7.02. The molecule has 0 radical (unpaired) electrons. The molecule has 150 valence electrons. The van der Waals surface area contributed by atoms with Gasteiger partial charge >= 0.3 is 0 Å². The van der Waals surface area contributed by atoms with Crippen molar-refractivity contribution in [2.45, 2.75) is 30.6 Å². The topological polar surface area (TPSA) is 118 Å². The summed E-state index contributed by atoms with van der Waals surface area (Å²) in [7, 11) is -4.00. The highest BCUT2D eigenvalue weighted by Gasteiger charge is 2.38. The molecule has 3 rings (SSSR count). The van der Waals surface area contributed by atoms with Crippen LogP contribution in [0.25, 0.3) is 0 Å². The van der Waals surface area contributed by atoms with E-state index in [1.54, 1.807) is 24.3 Å². The molecule has 2 N–H and O–H groups in total. The van der Waals surface area contributed by atoms with Crippen LogP contribution < -0.4 is 19.7 Å². The standard InChI is InChI=1S/C17H20N4O5S2/c1-3-8-18-16(23)14-10-21(12-6-4-5-7-13(12)26-14)28(24,25)15-9-19-17(27-15)20-11(2)22/h4-7,9,14H,3,8,10H2,1-2H3,(H,18,23)(H,19,20,22)/t14-/m0/s1. The van der Waals surface area contributed by atoms with Crippen molar-refractivity contribution in [1.29, 1.82) is 0 Å². The number of hydrogen-bond acceptors (Lipinski definition) is 7. The van der Waals surface area contributed by atoms with E-state index in [9.17, 15) is 18.0 Å². The molecule has 2 heterocycles. The minimum Gasteiger partial charge on any atom is -0.476 e. The SMILES string of the molecule is CCCNC(=O)[C@@H]1CN(S(=O)(=O)c2cnc(NC(C)=O)s2)c2ccccc2O1. The number of nitrogens with zero attached hydrogens (tertiary/aromatic N) is 2. The number of rotatable bonds is 6.